The summed E-state index contributed by atoms with van der Waals surface area (Å²) in [5.41, 5.74) is 1.39. The van der Waals surface area contributed by atoms with Crippen LogP contribution in [-0.2, 0) is 21.4 Å². The van der Waals surface area contributed by atoms with Gasteiger partial charge in [-0.25, -0.2) is 13.2 Å². The van der Waals surface area contributed by atoms with Crippen molar-refractivity contribution in [1.82, 2.24) is 14.5 Å². The Bertz CT molecular complexity index is 1160. The first-order valence-electron chi connectivity index (χ1n) is 11.0. The number of methoxy groups -OCH3 is 1. The summed E-state index contributed by atoms with van der Waals surface area (Å²) >= 11 is 3.37. The van der Waals surface area contributed by atoms with Gasteiger partial charge in [0.25, 0.3) is 5.91 Å². The van der Waals surface area contributed by atoms with Crippen molar-refractivity contribution in [2.24, 2.45) is 0 Å². The molecule has 0 radical (unpaired) electrons. The lowest BCUT2D eigenvalue weighted by atomic mass is 10.1. The number of carboxylic acids is 1. The summed E-state index contributed by atoms with van der Waals surface area (Å²) in [4.78, 5) is 23.6. The van der Waals surface area contributed by atoms with Crippen molar-refractivity contribution >= 4 is 37.8 Å². The molecular formula is C23H27BrF3N3O6S. The van der Waals surface area contributed by atoms with Crippen molar-refractivity contribution in [1.29, 1.82) is 0 Å². The molecule has 2 aromatic rings. The Morgan fingerprint density at radius 1 is 1.14 bits per heavy atom. The van der Waals surface area contributed by atoms with Crippen LogP contribution >= 0.6 is 15.9 Å². The smallest absolute Gasteiger partial charge is 0.490 e. The molecule has 0 bridgehead atoms. The number of carbonyl (C=O) groups is 2. The van der Waals surface area contributed by atoms with E-state index in [0.29, 0.717) is 44.0 Å². The van der Waals surface area contributed by atoms with Crippen LogP contribution in [0.15, 0.2) is 53.0 Å². The lowest BCUT2D eigenvalue weighted by Gasteiger charge is -2.28. The van der Waals surface area contributed by atoms with Gasteiger partial charge in [-0.1, -0.05) is 28.1 Å². The Morgan fingerprint density at radius 3 is 2.27 bits per heavy atom. The minimum atomic E-state index is -5.08. The van der Waals surface area contributed by atoms with Gasteiger partial charge in [-0.15, -0.1) is 0 Å². The fourth-order valence-corrected chi connectivity index (χ4v) is 5.01. The first-order valence-corrected chi connectivity index (χ1v) is 13.4. The molecule has 0 aliphatic carbocycles. The minimum Gasteiger partial charge on any atom is -0.497 e. The molecular weight excluding hydrogens is 583 g/mol. The standard InChI is InChI=1S/C21H26BrN3O4S.C2HF3O2/c1-29-20-4-2-3-17(15-20)16-24(21(26)18-5-7-19(22)8-6-18)13-14-30(27,28)25-11-9-23-10-12-25;3-2(4,5)1(6)7/h2-8,15,23H,9-14,16H2,1H3;(H,6,7). The SMILES string of the molecule is COc1cccc(CN(CCS(=O)(=O)N2CCNCC2)C(=O)c2ccc(Br)cc2)c1.O=C(O)C(F)(F)F. The van der Waals surface area contributed by atoms with Gasteiger partial charge in [0.15, 0.2) is 0 Å². The van der Waals surface area contributed by atoms with Gasteiger partial charge in [0.2, 0.25) is 10.0 Å². The van der Waals surface area contributed by atoms with Gasteiger partial charge in [0.1, 0.15) is 5.75 Å². The Labute approximate surface area is 221 Å². The van der Waals surface area contributed by atoms with E-state index in [1.807, 2.05) is 24.3 Å². The maximum Gasteiger partial charge on any atom is 0.490 e. The second-order valence-electron chi connectivity index (χ2n) is 7.85. The third-order valence-electron chi connectivity index (χ3n) is 5.22. The predicted molar refractivity (Wildman–Crippen MR) is 134 cm³/mol. The monoisotopic (exact) mass is 609 g/mol. The van der Waals surface area contributed by atoms with Crippen molar-refractivity contribution in [3.63, 3.8) is 0 Å². The summed E-state index contributed by atoms with van der Waals surface area (Å²) in [6.07, 6.45) is -5.08. The van der Waals surface area contributed by atoms with Crippen LogP contribution in [0.1, 0.15) is 15.9 Å². The summed E-state index contributed by atoms with van der Waals surface area (Å²) in [5, 5.41) is 10.3. The zero-order chi connectivity index (χ0) is 27.6. The van der Waals surface area contributed by atoms with Crippen LogP contribution in [-0.4, -0.2) is 86.4 Å². The number of hydrogen-bond acceptors (Lipinski definition) is 6. The number of nitrogens with one attached hydrogen (secondary N) is 1. The van der Waals surface area contributed by atoms with Crippen molar-refractivity contribution in [3.8, 4) is 5.75 Å². The van der Waals surface area contributed by atoms with Gasteiger partial charge in [-0.3, -0.25) is 4.79 Å². The fourth-order valence-electron chi connectivity index (χ4n) is 3.30. The Balaban J connectivity index is 0.000000604. The molecule has 37 heavy (non-hydrogen) atoms. The molecule has 2 aromatic carbocycles. The molecule has 14 heteroatoms. The Hall–Kier alpha value is -2.68. The summed E-state index contributed by atoms with van der Waals surface area (Å²) in [5.74, 6) is -2.38. The molecule has 0 unspecified atom stereocenters. The number of alkyl halides is 3. The van der Waals surface area contributed by atoms with Crippen molar-refractivity contribution in [2.75, 3.05) is 45.6 Å². The lowest BCUT2D eigenvalue weighted by Crippen LogP contribution is -2.48. The Kier molecular flexibility index (Phi) is 11.3. The number of piperazine rings is 1. The number of halogens is 4. The maximum absolute atomic E-state index is 13.2. The Morgan fingerprint density at radius 2 is 1.73 bits per heavy atom. The van der Waals surface area contributed by atoms with Gasteiger partial charge in [-0.05, 0) is 42.0 Å². The highest BCUT2D eigenvalue weighted by molar-refractivity contribution is 9.10. The van der Waals surface area contributed by atoms with Crippen molar-refractivity contribution < 1.29 is 41.0 Å². The van der Waals surface area contributed by atoms with Crippen LogP contribution in [0.25, 0.3) is 0 Å². The molecule has 0 spiro atoms. The van der Waals surface area contributed by atoms with Crippen LogP contribution in [0.5, 0.6) is 5.75 Å². The number of carbonyl (C=O) groups excluding carboxylic acids is 1. The van der Waals surface area contributed by atoms with E-state index in [1.54, 1.807) is 36.3 Å². The minimum absolute atomic E-state index is 0.109. The van der Waals surface area contributed by atoms with E-state index in [4.69, 9.17) is 14.6 Å². The van der Waals surface area contributed by atoms with Crippen molar-refractivity contribution in [3.05, 3.63) is 64.1 Å². The topological polar surface area (TPSA) is 116 Å². The zero-order valence-corrected chi connectivity index (χ0v) is 22.3. The number of ether oxygens (including phenoxy) is 1. The number of nitrogens with zero attached hydrogens (tertiary/aromatic N) is 2. The maximum atomic E-state index is 13.2. The summed E-state index contributed by atoms with van der Waals surface area (Å²) in [6.45, 7) is 2.61. The quantitative estimate of drug-likeness (QED) is 0.473. The lowest BCUT2D eigenvalue weighted by molar-refractivity contribution is -0.192. The zero-order valence-electron chi connectivity index (χ0n) is 19.9. The average molecular weight is 610 g/mol. The highest BCUT2D eigenvalue weighted by Gasteiger charge is 2.38. The number of aliphatic carboxylic acids is 1. The van der Waals surface area contributed by atoms with Gasteiger partial charge >= 0.3 is 12.1 Å². The first kappa shape index (κ1) is 30.5. The van der Waals surface area contributed by atoms with Crippen LogP contribution in [0.4, 0.5) is 13.2 Å². The van der Waals surface area contributed by atoms with E-state index in [0.717, 1.165) is 10.0 Å². The fraction of sp³-hybridized carbons (Fsp3) is 0.391. The molecule has 9 nitrogen and oxygen atoms in total. The number of carboxylic acid groups (broad SMARTS) is 1. The van der Waals surface area contributed by atoms with E-state index in [1.165, 1.54) is 4.31 Å². The average Bonchev–Trinajstić information content (AvgIpc) is 2.87. The molecule has 2 N–H and O–H groups in total. The molecule has 1 heterocycles. The van der Waals surface area contributed by atoms with Gasteiger partial charge < -0.3 is 20.1 Å². The van der Waals surface area contributed by atoms with Gasteiger partial charge in [-0.2, -0.15) is 17.5 Å². The molecule has 1 aliphatic heterocycles. The molecule has 1 fully saturated rings. The van der Waals surface area contributed by atoms with Crippen molar-refractivity contribution in [2.45, 2.75) is 12.7 Å². The second-order valence-corrected chi connectivity index (χ2v) is 10.9. The van der Waals surface area contributed by atoms with Crippen LogP contribution < -0.4 is 10.1 Å². The van der Waals surface area contributed by atoms with Crippen LogP contribution in [0.3, 0.4) is 0 Å². The second kappa shape index (κ2) is 13.7. The number of amides is 1. The molecule has 0 aromatic heterocycles. The highest BCUT2D eigenvalue weighted by atomic mass is 79.9. The molecule has 1 saturated heterocycles. The number of sulfonamides is 1. The van der Waals surface area contributed by atoms with E-state index < -0.39 is 22.2 Å². The summed E-state index contributed by atoms with van der Waals surface area (Å²) in [7, 11) is -1.85. The van der Waals surface area contributed by atoms with Crippen LogP contribution in [0.2, 0.25) is 0 Å². The first-order chi connectivity index (χ1) is 17.3. The molecule has 204 valence electrons. The molecule has 3 rings (SSSR count). The van der Waals surface area contributed by atoms with E-state index in [9.17, 15) is 26.4 Å². The normalized spacial score (nSPS) is 14.3. The van der Waals surface area contributed by atoms with Gasteiger partial charge in [0.05, 0.1) is 12.9 Å². The third-order valence-corrected chi connectivity index (χ3v) is 7.60. The number of hydrogen-bond donors (Lipinski definition) is 2. The van der Waals surface area contributed by atoms with Crippen LogP contribution in [0, 0.1) is 0 Å². The van der Waals surface area contributed by atoms with E-state index in [-0.39, 0.29) is 18.2 Å². The summed E-state index contributed by atoms with van der Waals surface area (Å²) in [6, 6.07) is 14.5. The highest BCUT2D eigenvalue weighted by Crippen LogP contribution is 2.18. The summed E-state index contributed by atoms with van der Waals surface area (Å²) < 4.78 is 64.9. The predicted octanol–water partition coefficient (Wildman–Crippen LogP) is 2.97. The van der Waals surface area contributed by atoms with E-state index >= 15 is 0 Å². The van der Waals surface area contributed by atoms with E-state index in [2.05, 4.69) is 21.2 Å². The molecule has 0 saturated carbocycles. The number of rotatable bonds is 8. The van der Waals surface area contributed by atoms with Gasteiger partial charge in [0, 0.05) is 49.3 Å². The third kappa shape index (κ3) is 9.95. The molecule has 1 amide bonds. The largest absolute Gasteiger partial charge is 0.497 e. The number of benzene rings is 2. The molecule has 0 atom stereocenters. The molecule has 1 aliphatic rings.